The van der Waals surface area contributed by atoms with Crippen LogP contribution in [-0.2, 0) is 6.42 Å². The fraction of sp³-hybridized carbons (Fsp3) is 0.500. The van der Waals surface area contributed by atoms with Crippen molar-refractivity contribution in [2.24, 2.45) is 5.41 Å². The summed E-state index contributed by atoms with van der Waals surface area (Å²) in [5, 5.41) is 20.9. The Bertz CT molecular complexity index is 426. The van der Waals surface area contributed by atoms with E-state index in [1.165, 1.54) is 6.07 Å². The molecule has 0 bridgehead atoms. The van der Waals surface area contributed by atoms with Gasteiger partial charge in [0, 0.05) is 22.5 Å². The Balaban J connectivity index is 3.03. The van der Waals surface area contributed by atoms with Crippen molar-refractivity contribution < 1.29 is 10.0 Å². The van der Waals surface area contributed by atoms with Gasteiger partial charge in [-0.25, -0.2) is 0 Å². The number of benzene rings is 1. The Morgan fingerprint density at radius 3 is 2.53 bits per heavy atom. The number of nitro groups is 1. The van der Waals surface area contributed by atoms with Crippen LogP contribution in [0.2, 0.25) is 0 Å². The van der Waals surface area contributed by atoms with Crippen LogP contribution < -0.4 is 0 Å². The van der Waals surface area contributed by atoms with E-state index < -0.39 is 11.0 Å². The number of aliphatic hydroxyl groups is 1. The highest BCUT2D eigenvalue weighted by Crippen LogP contribution is 2.28. The molecule has 1 atom stereocenters. The SMILES string of the molecule is CC(C)(C)C(O)Cc1ccc(Br)cc1[N+](=O)[O-]. The average molecular weight is 302 g/mol. The Morgan fingerprint density at radius 1 is 1.47 bits per heavy atom. The molecule has 0 heterocycles. The van der Waals surface area contributed by atoms with Gasteiger partial charge in [-0.3, -0.25) is 10.1 Å². The third kappa shape index (κ3) is 3.78. The molecule has 1 N–H and O–H groups in total. The molecule has 0 radical (unpaired) electrons. The van der Waals surface area contributed by atoms with Crippen LogP contribution in [0.4, 0.5) is 5.69 Å². The molecule has 0 saturated carbocycles. The minimum Gasteiger partial charge on any atom is -0.392 e. The van der Waals surface area contributed by atoms with Gasteiger partial charge in [-0.15, -0.1) is 0 Å². The third-order valence-electron chi connectivity index (χ3n) is 2.66. The highest BCUT2D eigenvalue weighted by atomic mass is 79.9. The van der Waals surface area contributed by atoms with Crippen molar-refractivity contribution in [3.05, 3.63) is 38.3 Å². The van der Waals surface area contributed by atoms with Gasteiger partial charge in [0.1, 0.15) is 0 Å². The summed E-state index contributed by atoms with van der Waals surface area (Å²) in [6.45, 7) is 5.72. The first-order chi connectivity index (χ1) is 7.71. The van der Waals surface area contributed by atoms with E-state index in [1.807, 2.05) is 20.8 Å². The highest BCUT2D eigenvalue weighted by molar-refractivity contribution is 9.10. The van der Waals surface area contributed by atoms with E-state index in [1.54, 1.807) is 12.1 Å². The second-order valence-electron chi connectivity index (χ2n) is 5.12. The molecule has 4 nitrogen and oxygen atoms in total. The maximum absolute atomic E-state index is 10.9. The van der Waals surface area contributed by atoms with Gasteiger partial charge in [-0.1, -0.05) is 42.8 Å². The molecule has 0 amide bonds. The third-order valence-corrected chi connectivity index (χ3v) is 3.15. The molecule has 0 aliphatic rings. The van der Waals surface area contributed by atoms with Crippen LogP contribution in [0.15, 0.2) is 22.7 Å². The van der Waals surface area contributed by atoms with Crippen LogP contribution in [0, 0.1) is 15.5 Å². The van der Waals surface area contributed by atoms with Crippen molar-refractivity contribution in [1.82, 2.24) is 0 Å². The minimum atomic E-state index is -0.609. The summed E-state index contributed by atoms with van der Waals surface area (Å²) < 4.78 is 0.665. The van der Waals surface area contributed by atoms with E-state index in [0.717, 1.165) is 0 Å². The topological polar surface area (TPSA) is 63.4 Å². The van der Waals surface area contributed by atoms with E-state index in [9.17, 15) is 15.2 Å². The first kappa shape index (κ1) is 14.1. The van der Waals surface area contributed by atoms with Gasteiger partial charge in [-0.05, 0) is 11.5 Å². The van der Waals surface area contributed by atoms with Crippen LogP contribution >= 0.6 is 15.9 Å². The normalized spacial score (nSPS) is 13.5. The summed E-state index contributed by atoms with van der Waals surface area (Å²) in [6.07, 6.45) is -0.324. The molecule has 0 saturated heterocycles. The van der Waals surface area contributed by atoms with Crippen LogP contribution in [0.1, 0.15) is 26.3 Å². The number of nitrogens with zero attached hydrogens (tertiary/aromatic N) is 1. The molecule has 5 heteroatoms. The molecular formula is C12H16BrNO3. The molecule has 0 aliphatic heterocycles. The summed E-state index contributed by atoms with van der Waals surface area (Å²) in [4.78, 5) is 10.5. The number of hydrogen-bond donors (Lipinski definition) is 1. The Hall–Kier alpha value is -0.940. The standard InChI is InChI=1S/C12H16BrNO3/c1-12(2,3)11(15)6-8-4-5-9(13)7-10(8)14(16)17/h4-5,7,11,15H,6H2,1-3H3. The minimum absolute atomic E-state index is 0.0441. The molecule has 1 aromatic rings. The zero-order valence-electron chi connectivity index (χ0n) is 10.1. The smallest absolute Gasteiger partial charge is 0.273 e. The first-order valence-electron chi connectivity index (χ1n) is 5.32. The maximum Gasteiger partial charge on any atom is 0.273 e. The summed E-state index contributed by atoms with van der Waals surface area (Å²) in [6, 6.07) is 4.89. The maximum atomic E-state index is 10.9. The molecular weight excluding hydrogens is 286 g/mol. The zero-order chi connectivity index (χ0) is 13.2. The van der Waals surface area contributed by atoms with Crippen LogP contribution in [0.25, 0.3) is 0 Å². The van der Waals surface area contributed by atoms with Crippen LogP contribution in [-0.4, -0.2) is 16.1 Å². The monoisotopic (exact) mass is 301 g/mol. The van der Waals surface area contributed by atoms with Gasteiger partial charge in [0.25, 0.3) is 5.69 Å². The van der Waals surface area contributed by atoms with E-state index >= 15 is 0 Å². The second kappa shape index (κ2) is 5.14. The molecule has 1 rings (SSSR count). The van der Waals surface area contributed by atoms with Gasteiger partial charge in [-0.2, -0.15) is 0 Å². The lowest BCUT2D eigenvalue weighted by atomic mass is 9.85. The number of nitro benzene ring substituents is 1. The van der Waals surface area contributed by atoms with Crippen LogP contribution in [0.3, 0.4) is 0 Å². The Kier molecular flexibility index (Phi) is 4.27. The highest BCUT2D eigenvalue weighted by Gasteiger charge is 2.25. The largest absolute Gasteiger partial charge is 0.392 e. The summed E-state index contributed by atoms with van der Waals surface area (Å²) in [5.41, 5.74) is 0.310. The molecule has 0 spiro atoms. The van der Waals surface area contributed by atoms with Crippen LogP contribution in [0.5, 0.6) is 0 Å². The summed E-state index contributed by atoms with van der Waals surface area (Å²) in [7, 11) is 0. The Morgan fingerprint density at radius 2 is 2.06 bits per heavy atom. The van der Waals surface area contributed by atoms with Crippen molar-refractivity contribution in [3.8, 4) is 0 Å². The number of rotatable bonds is 3. The molecule has 17 heavy (non-hydrogen) atoms. The molecule has 0 aromatic heterocycles. The lowest BCUT2D eigenvalue weighted by Gasteiger charge is -2.25. The van der Waals surface area contributed by atoms with E-state index in [-0.39, 0.29) is 17.5 Å². The molecule has 94 valence electrons. The van der Waals surface area contributed by atoms with Crippen molar-refractivity contribution in [2.45, 2.75) is 33.3 Å². The van der Waals surface area contributed by atoms with Gasteiger partial charge in [0.05, 0.1) is 11.0 Å². The van der Waals surface area contributed by atoms with E-state index in [2.05, 4.69) is 15.9 Å². The predicted molar refractivity (Wildman–Crippen MR) is 70.0 cm³/mol. The van der Waals surface area contributed by atoms with Crippen molar-refractivity contribution in [1.29, 1.82) is 0 Å². The molecule has 0 aliphatic carbocycles. The zero-order valence-corrected chi connectivity index (χ0v) is 11.7. The van der Waals surface area contributed by atoms with Gasteiger partial charge < -0.3 is 5.11 Å². The number of hydrogen-bond acceptors (Lipinski definition) is 3. The number of aliphatic hydroxyl groups excluding tert-OH is 1. The lowest BCUT2D eigenvalue weighted by molar-refractivity contribution is -0.385. The van der Waals surface area contributed by atoms with Gasteiger partial charge in [0.15, 0.2) is 0 Å². The van der Waals surface area contributed by atoms with Gasteiger partial charge in [0.2, 0.25) is 0 Å². The van der Waals surface area contributed by atoms with E-state index in [4.69, 9.17) is 0 Å². The fourth-order valence-corrected chi connectivity index (χ4v) is 1.74. The van der Waals surface area contributed by atoms with E-state index in [0.29, 0.717) is 10.0 Å². The van der Waals surface area contributed by atoms with Crippen molar-refractivity contribution >= 4 is 21.6 Å². The van der Waals surface area contributed by atoms with Crippen molar-refractivity contribution in [3.63, 3.8) is 0 Å². The van der Waals surface area contributed by atoms with Gasteiger partial charge >= 0.3 is 0 Å². The molecule has 1 aromatic carbocycles. The molecule has 0 fully saturated rings. The summed E-state index contributed by atoms with van der Waals surface area (Å²) >= 11 is 3.20. The quantitative estimate of drug-likeness (QED) is 0.688. The molecule has 1 unspecified atom stereocenters. The predicted octanol–water partition coefficient (Wildman–Crippen LogP) is 3.31. The number of halogens is 1. The average Bonchev–Trinajstić information content (AvgIpc) is 2.18. The Labute approximate surface area is 109 Å². The fourth-order valence-electron chi connectivity index (χ4n) is 1.39. The van der Waals surface area contributed by atoms with Crippen molar-refractivity contribution in [2.75, 3.05) is 0 Å². The first-order valence-corrected chi connectivity index (χ1v) is 6.12. The second-order valence-corrected chi connectivity index (χ2v) is 6.03. The lowest BCUT2D eigenvalue weighted by Crippen LogP contribution is -2.28. The summed E-state index contributed by atoms with van der Waals surface area (Å²) in [5.74, 6) is 0.